The van der Waals surface area contributed by atoms with Crippen LogP contribution in [0.4, 0.5) is 0 Å². The first-order valence-corrected chi connectivity index (χ1v) is 7.56. The summed E-state index contributed by atoms with van der Waals surface area (Å²) in [6.45, 7) is 5.13. The standard InChI is InChI=1S/C10H23NO2Si/c1-5-8-11-9-7-10-14(6-2,12-3)13-4/h8H,5-7,9-10H2,1-4H3. The van der Waals surface area contributed by atoms with E-state index in [0.717, 1.165) is 31.5 Å². The molecule has 0 saturated heterocycles. The fourth-order valence-electron chi connectivity index (χ4n) is 1.41. The van der Waals surface area contributed by atoms with Crippen molar-refractivity contribution < 1.29 is 8.85 Å². The van der Waals surface area contributed by atoms with Crippen LogP contribution < -0.4 is 0 Å². The van der Waals surface area contributed by atoms with Crippen LogP contribution in [0.1, 0.15) is 26.7 Å². The number of hydrogen-bond donors (Lipinski definition) is 0. The van der Waals surface area contributed by atoms with Gasteiger partial charge in [0.25, 0.3) is 0 Å². The van der Waals surface area contributed by atoms with Crippen molar-refractivity contribution in [1.82, 2.24) is 0 Å². The molecule has 0 aliphatic carbocycles. The largest absolute Gasteiger partial charge is 0.398 e. The van der Waals surface area contributed by atoms with Gasteiger partial charge < -0.3 is 8.85 Å². The van der Waals surface area contributed by atoms with E-state index in [-0.39, 0.29) is 0 Å². The third kappa shape index (κ3) is 4.88. The maximum atomic E-state index is 5.51. The predicted octanol–water partition coefficient (Wildman–Crippen LogP) is 2.61. The second-order valence-electron chi connectivity index (χ2n) is 3.27. The van der Waals surface area contributed by atoms with E-state index in [4.69, 9.17) is 8.85 Å². The maximum absolute atomic E-state index is 5.51. The smallest absolute Gasteiger partial charge is 0.337 e. The van der Waals surface area contributed by atoms with Gasteiger partial charge in [0, 0.05) is 20.8 Å². The lowest BCUT2D eigenvalue weighted by Gasteiger charge is -2.25. The first-order valence-electron chi connectivity index (χ1n) is 5.33. The van der Waals surface area contributed by atoms with Crippen LogP contribution in [0.5, 0.6) is 0 Å². The Morgan fingerprint density at radius 1 is 1.21 bits per heavy atom. The van der Waals surface area contributed by atoms with Crippen molar-refractivity contribution in [2.75, 3.05) is 20.8 Å². The molecule has 0 aromatic rings. The van der Waals surface area contributed by atoms with Crippen LogP contribution in [0, 0.1) is 0 Å². The Labute approximate surface area is 88.8 Å². The summed E-state index contributed by atoms with van der Waals surface area (Å²) in [5, 5.41) is 0. The van der Waals surface area contributed by atoms with Crippen LogP contribution in [0.15, 0.2) is 4.99 Å². The van der Waals surface area contributed by atoms with Crippen molar-refractivity contribution in [3.8, 4) is 0 Å². The SMILES string of the molecule is CCC=NCCC[Si](CC)(OC)OC. The third-order valence-electron chi connectivity index (χ3n) is 2.44. The van der Waals surface area contributed by atoms with Gasteiger partial charge >= 0.3 is 8.56 Å². The van der Waals surface area contributed by atoms with Crippen LogP contribution in [0.25, 0.3) is 0 Å². The van der Waals surface area contributed by atoms with Gasteiger partial charge in [-0.15, -0.1) is 0 Å². The Morgan fingerprint density at radius 2 is 1.86 bits per heavy atom. The van der Waals surface area contributed by atoms with Crippen molar-refractivity contribution in [1.29, 1.82) is 0 Å². The highest BCUT2D eigenvalue weighted by molar-refractivity contribution is 6.67. The van der Waals surface area contributed by atoms with Crippen molar-refractivity contribution in [2.45, 2.75) is 38.8 Å². The van der Waals surface area contributed by atoms with Crippen LogP contribution in [-0.4, -0.2) is 35.5 Å². The Morgan fingerprint density at radius 3 is 2.29 bits per heavy atom. The molecule has 84 valence electrons. The molecule has 0 saturated carbocycles. The van der Waals surface area contributed by atoms with Gasteiger partial charge in [0.1, 0.15) is 0 Å². The van der Waals surface area contributed by atoms with Crippen LogP contribution in [0.3, 0.4) is 0 Å². The molecule has 3 nitrogen and oxygen atoms in total. The van der Waals surface area contributed by atoms with E-state index in [0.29, 0.717) is 0 Å². The Hall–Kier alpha value is -0.193. The molecular weight excluding hydrogens is 194 g/mol. The van der Waals surface area contributed by atoms with E-state index in [1.807, 2.05) is 6.21 Å². The Kier molecular flexibility index (Phi) is 8.03. The molecule has 0 aromatic heterocycles. The highest BCUT2D eigenvalue weighted by Crippen LogP contribution is 2.18. The van der Waals surface area contributed by atoms with Crippen LogP contribution in [0.2, 0.25) is 12.1 Å². The van der Waals surface area contributed by atoms with Gasteiger partial charge in [0.2, 0.25) is 0 Å². The third-order valence-corrected chi connectivity index (χ3v) is 6.12. The topological polar surface area (TPSA) is 30.8 Å². The number of hydrogen-bond acceptors (Lipinski definition) is 3. The molecule has 0 fully saturated rings. The molecule has 0 amide bonds. The van der Waals surface area contributed by atoms with Crippen molar-refractivity contribution >= 4 is 14.8 Å². The summed E-state index contributed by atoms with van der Waals surface area (Å²) in [6.07, 6.45) is 4.05. The molecule has 0 rings (SSSR count). The lowest BCUT2D eigenvalue weighted by atomic mass is 10.5. The van der Waals surface area contributed by atoms with Gasteiger partial charge in [0.05, 0.1) is 0 Å². The summed E-state index contributed by atoms with van der Waals surface area (Å²) < 4.78 is 11.0. The Bertz CT molecular complexity index is 150. The summed E-state index contributed by atoms with van der Waals surface area (Å²) in [7, 11) is 1.67. The van der Waals surface area contributed by atoms with Crippen LogP contribution >= 0.6 is 0 Å². The average molecular weight is 217 g/mol. The van der Waals surface area contributed by atoms with E-state index >= 15 is 0 Å². The molecule has 0 heterocycles. The molecule has 4 heteroatoms. The minimum atomic E-state index is -1.85. The quantitative estimate of drug-likeness (QED) is 0.355. The summed E-state index contributed by atoms with van der Waals surface area (Å²) >= 11 is 0. The van der Waals surface area contributed by atoms with Gasteiger partial charge in [-0.2, -0.15) is 0 Å². The second-order valence-corrected chi connectivity index (χ2v) is 7.12. The highest BCUT2D eigenvalue weighted by atomic mass is 28.4. The minimum absolute atomic E-state index is 0.898. The van der Waals surface area contributed by atoms with E-state index in [2.05, 4.69) is 18.8 Å². The van der Waals surface area contributed by atoms with Crippen molar-refractivity contribution in [3.05, 3.63) is 0 Å². The highest BCUT2D eigenvalue weighted by Gasteiger charge is 2.32. The zero-order chi connectivity index (χ0) is 10.9. The zero-order valence-corrected chi connectivity index (χ0v) is 10.9. The molecular formula is C10H23NO2Si. The lowest BCUT2D eigenvalue weighted by Crippen LogP contribution is -2.39. The van der Waals surface area contributed by atoms with E-state index < -0.39 is 8.56 Å². The summed E-state index contributed by atoms with van der Waals surface area (Å²) in [6, 6.07) is 2.05. The zero-order valence-electron chi connectivity index (χ0n) is 9.88. The van der Waals surface area contributed by atoms with E-state index in [1.54, 1.807) is 14.2 Å². The van der Waals surface area contributed by atoms with E-state index in [9.17, 15) is 0 Å². The number of rotatable bonds is 8. The van der Waals surface area contributed by atoms with Gasteiger partial charge in [-0.3, -0.25) is 4.99 Å². The number of nitrogens with zero attached hydrogens (tertiary/aromatic N) is 1. The molecule has 0 unspecified atom stereocenters. The summed E-state index contributed by atoms with van der Waals surface area (Å²) in [5.41, 5.74) is 0. The van der Waals surface area contributed by atoms with E-state index in [1.165, 1.54) is 0 Å². The molecule has 14 heavy (non-hydrogen) atoms. The Balaban J connectivity index is 3.76. The molecule has 0 radical (unpaired) electrons. The molecule has 0 atom stereocenters. The van der Waals surface area contributed by atoms with Gasteiger partial charge in [-0.1, -0.05) is 13.8 Å². The first kappa shape index (κ1) is 13.8. The molecule has 0 aromatic carbocycles. The second kappa shape index (κ2) is 8.14. The van der Waals surface area contributed by atoms with Gasteiger partial charge in [-0.05, 0) is 31.1 Å². The van der Waals surface area contributed by atoms with Gasteiger partial charge in [0.15, 0.2) is 0 Å². The summed E-state index contributed by atoms with van der Waals surface area (Å²) in [4.78, 5) is 4.28. The summed E-state index contributed by atoms with van der Waals surface area (Å²) in [5.74, 6) is 0. The molecule has 0 aliphatic rings. The molecule has 0 N–H and O–H groups in total. The van der Waals surface area contributed by atoms with Crippen molar-refractivity contribution in [3.63, 3.8) is 0 Å². The molecule has 0 bridgehead atoms. The monoisotopic (exact) mass is 217 g/mol. The molecule has 0 spiro atoms. The fraction of sp³-hybridized carbons (Fsp3) is 0.900. The predicted molar refractivity (Wildman–Crippen MR) is 63.3 cm³/mol. The average Bonchev–Trinajstić information content (AvgIpc) is 2.24. The van der Waals surface area contributed by atoms with Crippen LogP contribution in [-0.2, 0) is 8.85 Å². The minimum Gasteiger partial charge on any atom is -0.398 e. The molecule has 0 aliphatic heterocycles. The van der Waals surface area contributed by atoms with Crippen molar-refractivity contribution in [2.24, 2.45) is 4.99 Å². The number of aliphatic imine (C=N–C) groups is 1. The van der Waals surface area contributed by atoms with Gasteiger partial charge in [-0.25, -0.2) is 0 Å². The fourth-order valence-corrected chi connectivity index (χ4v) is 3.62. The normalized spacial score (nSPS) is 12.6. The first-order chi connectivity index (χ1) is 6.74. The lowest BCUT2D eigenvalue weighted by molar-refractivity contribution is 0.242. The maximum Gasteiger partial charge on any atom is 0.337 e.